The van der Waals surface area contributed by atoms with Gasteiger partial charge in [0.25, 0.3) is 5.91 Å². The number of methoxy groups -OCH3 is 1. The van der Waals surface area contributed by atoms with Crippen LogP contribution < -0.4 is 25.5 Å². The average molecular weight is 509 g/mol. The minimum atomic E-state index is -0.969. The van der Waals surface area contributed by atoms with E-state index in [-0.39, 0.29) is 24.2 Å². The summed E-state index contributed by atoms with van der Waals surface area (Å²) in [7, 11) is 1.43. The lowest BCUT2D eigenvalue weighted by atomic mass is 10.1. The summed E-state index contributed by atoms with van der Waals surface area (Å²) in [5.41, 5.74) is 4.05. The Balaban J connectivity index is 1.44. The molecule has 0 fully saturated rings. The zero-order chi connectivity index (χ0) is 25.9. The second-order valence-electron chi connectivity index (χ2n) is 7.56. The SMILES string of the molecule is COc1ccc(Cl)cc1NC(=O)C(=O)N/N=C\c1ccc(OCC(=O)N[C@@H](C)c2ccccc2)cc1. The largest absolute Gasteiger partial charge is 0.495 e. The monoisotopic (exact) mass is 508 g/mol. The van der Waals surface area contributed by atoms with Crippen molar-refractivity contribution in [1.29, 1.82) is 0 Å². The van der Waals surface area contributed by atoms with E-state index in [1.165, 1.54) is 19.4 Å². The van der Waals surface area contributed by atoms with Crippen molar-refractivity contribution in [3.8, 4) is 11.5 Å². The molecule has 0 aliphatic heterocycles. The van der Waals surface area contributed by atoms with Crippen molar-refractivity contribution >= 4 is 41.2 Å². The standard InChI is InChI=1S/C26H25ClN4O5/c1-17(19-6-4-3-5-7-19)29-24(32)16-36-21-11-8-18(9-12-21)15-28-31-26(34)25(33)30-22-14-20(27)10-13-23(22)35-2/h3-15,17H,16H2,1-2H3,(H,29,32)(H,30,33)(H,31,34)/b28-15-/t17-/m0/s1. The second kappa shape index (κ2) is 12.9. The van der Waals surface area contributed by atoms with Crippen LogP contribution in [0.15, 0.2) is 77.9 Å². The molecule has 0 heterocycles. The van der Waals surface area contributed by atoms with Crippen LogP contribution in [0.25, 0.3) is 0 Å². The van der Waals surface area contributed by atoms with Crippen molar-refractivity contribution in [2.75, 3.05) is 19.0 Å². The number of carbonyl (C=O) groups is 3. The average Bonchev–Trinajstić information content (AvgIpc) is 2.88. The summed E-state index contributed by atoms with van der Waals surface area (Å²) in [6, 6.07) is 20.8. The Labute approximate surface area is 213 Å². The lowest BCUT2D eigenvalue weighted by molar-refractivity contribution is -0.136. The van der Waals surface area contributed by atoms with Crippen molar-refractivity contribution in [3.05, 3.63) is 88.9 Å². The highest BCUT2D eigenvalue weighted by Crippen LogP contribution is 2.27. The molecule has 3 aromatic rings. The molecule has 9 nitrogen and oxygen atoms in total. The van der Waals surface area contributed by atoms with Gasteiger partial charge in [-0.1, -0.05) is 41.9 Å². The lowest BCUT2D eigenvalue weighted by Crippen LogP contribution is -2.32. The number of hydrogen-bond acceptors (Lipinski definition) is 6. The van der Waals surface area contributed by atoms with Crippen molar-refractivity contribution in [2.24, 2.45) is 5.10 Å². The number of halogens is 1. The molecule has 0 bridgehead atoms. The van der Waals surface area contributed by atoms with Crippen LogP contribution in [0.4, 0.5) is 5.69 Å². The van der Waals surface area contributed by atoms with Crippen LogP contribution in [-0.2, 0) is 14.4 Å². The van der Waals surface area contributed by atoms with Crippen LogP contribution in [0, 0.1) is 0 Å². The van der Waals surface area contributed by atoms with Gasteiger partial charge in [0, 0.05) is 5.02 Å². The van der Waals surface area contributed by atoms with Crippen LogP contribution in [0.3, 0.4) is 0 Å². The van der Waals surface area contributed by atoms with Crippen LogP contribution in [0.1, 0.15) is 24.1 Å². The fourth-order valence-electron chi connectivity index (χ4n) is 3.08. The number of nitrogens with zero attached hydrogens (tertiary/aromatic N) is 1. The van der Waals surface area contributed by atoms with Gasteiger partial charge in [-0.05, 0) is 60.5 Å². The Hall–Kier alpha value is -4.37. The predicted octanol–water partition coefficient (Wildman–Crippen LogP) is 3.69. The van der Waals surface area contributed by atoms with Gasteiger partial charge in [0.15, 0.2) is 6.61 Å². The van der Waals surface area contributed by atoms with E-state index in [0.29, 0.717) is 22.1 Å². The van der Waals surface area contributed by atoms with Gasteiger partial charge in [-0.2, -0.15) is 5.10 Å². The van der Waals surface area contributed by atoms with Gasteiger partial charge in [0.1, 0.15) is 11.5 Å². The molecule has 0 spiro atoms. The summed E-state index contributed by atoms with van der Waals surface area (Å²) in [4.78, 5) is 36.3. The number of carbonyl (C=O) groups excluding carboxylic acids is 3. The fraction of sp³-hybridized carbons (Fsp3) is 0.154. The lowest BCUT2D eigenvalue weighted by Gasteiger charge is -2.14. The third-order valence-electron chi connectivity index (χ3n) is 4.92. The number of rotatable bonds is 9. The molecule has 10 heteroatoms. The summed E-state index contributed by atoms with van der Waals surface area (Å²) in [6.45, 7) is 1.77. The number of amides is 3. The zero-order valence-electron chi connectivity index (χ0n) is 19.7. The first-order valence-electron chi connectivity index (χ1n) is 10.9. The summed E-state index contributed by atoms with van der Waals surface area (Å²) < 4.78 is 10.6. The first-order chi connectivity index (χ1) is 17.4. The van der Waals surface area contributed by atoms with Crippen LogP contribution in [0.2, 0.25) is 5.02 Å². The van der Waals surface area contributed by atoms with Crippen molar-refractivity contribution in [3.63, 3.8) is 0 Å². The number of anilines is 1. The summed E-state index contributed by atoms with van der Waals surface area (Å²) >= 11 is 5.92. The van der Waals surface area contributed by atoms with Crippen LogP contribution >= 0.6 is 11.6 Å². The topological polar surface area (TPSA) is 118 Å². The fourth-order valence-corrected chi connectivity index (χ4v) is 3.25. The van der Waals surface area contributed by atoms with E-state index in [2.05, 4.69) is 21.2 Å². The molecule has 0 aliphatic rings. The van der Waals surface area contributed by atoms with Crippen LogP contribution in [0.5, 0.6) is 11.5 Å². The van der Waals surface area contributed by atoms with E-state index in [9.17, 15) is 14.4 Å². The van der Waals surface area contributed by atoms with Gasteiger partial charge in [0.05, 0.1) is 25.1 Å². The molecule has 3 aromatic carbocycles. The molecule has 1 atom stereocenters. The van der Waals surface area contributed by atoms with E-state index >= 15 is 0 Å². The second-order valence-corrected chi connectivity index (χ2v) is 7.99. The third-order valence-corrected chi connectivity index (χ3v) is 5.16. The summed E-state index contributed by atoms with van der Waals surface area (Å²) in [5.74, 6) is -1.29. The highest BCUT2D eigenvalue weighted by atomic mass is 35.5. The van der Waals surface area contributed by atoms with E-state index in [1.54, 1.807) is 36.4 Å². The van der Waals surface area contributed by atoms with Crippen LogP contribution in [-0.4, -0.2) is 37.7 Å². The van der Waals surface area contributed by atoms with Gasteiger partial charge in [-0.25, -0.2) is 5.43 Å². The molecule has 3 N–H and O–H groups in total. The minimum absolute atomic E-state index is 0.132. The molecule has 0 aromatic heterocycles. The normalized spacial score (nSPS) is 11.4. The quantitative estimate of drug-likeness (QED) is 0.231. The maximum absolute atomic E-state index is 12.2. The number of hydrazone groups is 1. The highest BCUT2D eigenvalue weighted by molar-refractivity contribution is 6.40. The summed E-state index contributed by atoms with van der Waals surface area (Å²) in [5, 5.41) is 9.45. The number of nitrogens with one attached hydrogen (secondary N) is 3. The zero-order valence-corrected chi connectivity index (χ0v) is 20.4. The number of ether oxygens (including phenoxy) is 2. The third kappa shape index (κ3) is 7.85. The van der Waals surface area contributed by atoms with E-state index in [0.717, 1.165) is 5.56 Å². The minimum Gasteiger partial charge on any atom is -0.495 e. The molecule has 36 heavy (non-hydrogen) atoms. The molecule has 3 rings (SSSR count). The van der Waals surface area contributed by atoms with Gasteiger partial charge >= 0.3 is 11.8 Å². The van der Waals surface area contributed by atoms with Crippen molar-refractivity contribution in [1.82, 2.24) is 10.7 Å². The molecule has 0 radical (unpaired) electrons. The summed E-state index contributed by atoms with van der Waals surface area (Å²) in [6.07, 6.45) is 1.36. The van der Waals surface area contributed by atoms with Crippen molar-refractivity contribution < 1.29 is 23.9 Å². The smallest absolute Gasteiger partial charge is 0.329 e. The Kier molecular flexibility index (Phi) is 9.41. The first kappa shape index (κ1) is 26.2. The molecule has 0 saturated carbocycles. The highest BCUT2D eigenvalue weighted by Gasteiger charge is 2.15. The van der Waals surface area contributed by atoms with E-state index < -0.39 is 11.8 Å². The van der Waals surface area contributed by atoms with Gasteiger partial charge < -0.3 is 20.1 Å². The Morgan fingerprint density at radius 3 is 2.42 bits per heavy atom. The Bertz CT molecular complexity index is 1230. The van der Waals surface area contributed by atoms with Gasteiger partial charge in [0.2, 0.25) is 0 Å². The van der Waals surface area contributed by atoms with E-state index in [4.69, 9.17) is 21.1 Å². The maximum Gasteiger partial charge on any atom is 0.329 e. The van der Waals surface area contributed by atoms with Crippen molar-refractivity contribution in [2.45, 2.75) is 13.0 Å². The number of hydrogen-bond donors (Lipinski definition) is 3. The Morgan fingerprint density at radius 1 is 1.00 bits per heavy atom. The Morgan fingerprint density at radius 2 is 1.72 bits per heavy atom. The van der Waals surface area contributed by atoms with Gasteiger partial charge in [-0.15, -0.1) is 0 Å². The first-order valence-corrected chi connectivity index (χ1v) is 11.3. The molecule has 186 valence electrons. The molecule has 3 amide bonds. The molecular weight excluding hydrogens is 484 g/mol. The van der Waals surface area contributed by atoms with E-state index in [1.807, 2.05) is 37.3 Å². The maximum atomic E-state index is 12.2. The molecule has 0 unspecified atom stereocenters. The molecule has 0 aliphatic carbocycles. The number of benzene rings is 3. The molecule has 0 saturated heterocycles. The molecular formula is C26H25ClN4O5. The predicted molar refractivity (Wildman–Crippen MR) is 137 cm³/mol. The van der Waals surface area contributed by atoms with Gasteiger partial charge in [-0.3, -0.25) is 14.4 Å².